The first-order chi connectivity index (χ1) is 13.3. The predicted molar refractivity (Wildman–Crippen MR) is 110 cm³/mol. The SMILES string of the molecule is CCOC(=O)c1ccc(NC(=O)C2CC(S)CN2S(=O)(=O)c2cccs2)cc1. The van der Waals surface area contributed by atoms with Crippen LogP contribution in [0, 0.1) is 0 Å². The van der Waals surface area contributed by atoms with Crippen molar-refractivity contribution < 1.29 is 22.7 Å². The first-order valence-electron chi connectivity index (χ1n) is 8.64. The van der Waals surface area contributed by atoms with E-state index in [1.165, 1.54) is 10.4 Å². The molecule has 0 bridgehead atoms. The van der Waals surface area contributed by atoms with E-state index in [1.807, 2.05) is 0 Å². The van der Waals surface area contributed by atoms with E-state index in [-0.39, 0.29) is 22.6 Å². The third-order valence-corrected chi connectivity index (χ3v) is 7.88. The van der Waals surface area contributed by atoms with Crippen LogP contribution in [0.3, 0.4) is 0 Å². The number of benzene rings is 1. The molecule has 0 radical (unpaired) electrons. The highest BCUT2D eigenvalue weighted by Crippen LogP contribution is 2.31. The molecule has 2 heterocycles. The molecular formula is C18H20N2O5S3. The molecule has 150 valence electrons. The maximum atomic E-state index is 12.9. The number of ether oxygens (including phenoxy) is 1. The van der Waals surface area contributed by atoms with E-state index >= 15 is 0 Å². The van der Waals surface area contributed by atoms with Crippen molar-refractivity contribution in [1.29, 1.82) is 0 Å². The first-order valence-corrected chi connectivity index (χ1v) is 11.5. The highest BCUT2D eigenvalue weighted by atomic mass is 32.2. The van der Waals surface area contributed by atoms with Crippen molar-refractivity contribution in [3.8, 4) is 0 Å². The fraction of sp³-hybridized carbons (Fsp3) is 0.333. The number of hydrogen-bond donors (Lipinski definition) is 2. The Hall–Kier alpha value is -1.88. The number of thiophene rings is 1. The molecule has 1 aromatic carbocycles. The van der Waals surface area contributed by atoms with Gasteiger partial charge in [-0.05, 0) is 49.1 Å². The Labute approximate surface area is 173 Å². The Bertz CT molecular complexity index is 942. The van der Waals surface area contributed by atoms with Crippen LogP contribution in [0.5, 0.6) is 0 Å². The maximum absolute atomic E-state index is 12.9. The van der Waals surface area contributed by atoms with Gasteiger partial charge in [-0.2, -0.15) is 16.9 Å². The molecule has 2 unspecified atom stereocenters. The van der Waals surface area contributed by atoms with Gasteiger partial charge in [-0.1, -0.05) is 6.07 Å². The lowest BCUT2D eigenvalue weighted by molar-refractivity contribution is -0.119. The van der Waals surface area contributed by atoms with Gasteiger partial charge < -0.3 is 10.1 Å². The van der Waals surface area contributed by atoms with Crippen molar-refractivity contribution in [1.82, 2.24) is 4.31 Å². The molecule has 1 aliphatic rings. The first kappa shape index (κ1) is 20.8. The van der Waals surface area contributed by atoms with Crippen LogP contribution >= 0.6 is 24.0 Å². The van der Waals surface area contributed by atoms with Crippen LogP contribution < -0.4 is 5.32 Å². The summed E-state index contributed by atoms with van der Waals surface area (Å²) in [7, 11) is -3.76. The van der Waals surface area contributed by atoms with Gasteiger partial charge >= 0.3 is 5.97 Å². The van der Waals surface area contributed by atoms with Gasteiger partial charge in [0.1, 0.15) is 10.3 Å². The van der Waals surface area contributed by atoms with E-state index in [0.717, 1.165) is 11.3 Å². The van der Waals surface area contributed by atoms with Crippen LogP contribution in [0.15, 0.2) is 46.0 Å². The van der Waals surface area contributed by atoms with E-state index in [9.17, 15) is 18.0 Å². The Morgan fingerprint density at radius 2 is 2.00 bits per heavy atom. The molecule has 0 saturated carbocycles. The summed E-state index contributed by atoms with van der Waals surface area (Å²) in [5, 5.41) is 4.18. The van der Waals surface area contributed by atoms with Crippen LogP contribution in [0.25, 0.3) is 0 Å². The summed E-state index contributed by atoms with van der Waals surface area (Å²) in [5.74, 6) is -0.872. The number of thiol groups is 1. The minimum atomic E-state index is -3.76. The van der Waals surface area contributed by atoms with Gasteiger partial charge in [0.15, 0.2) is 0 Å². The van der Waals surface area contributed by atoms with Gasteiger partial charge in [-0.25, -0.2) is 13.2 Å². The monoisotopic (exact) mass is 440 g/mol. The third kappa shape index (κ3) is 4.40. The van der Waals surface area contributed by atoms with Gasteiger partial charge in [-0.3, -0.25) is 4.79 Å². The predicted octanol–water partition coefficient (Wildman–Crippen LogP) is 2.62. The van der Waals surface area contributed by atoms with Crippen LogP contribution in [0.1, 0.15) is 23.7 Å². The van der Waals surface area contributed by atoms with Gasteiger partial charge in [0, 0.05) is 17.5 Å². The van der Waals surface area contributed by atoms with Crippen LogP contribution in [0.4, 0.5) is 5.69 Å². The summed E-state index contributed by atoms with van der Waals surface area (Å²) in [6.07, 6.45) is 0.320. The van der Waals surface area contributed by atoms with Gasteiger partial charge in [0.05, 0.1) is 12.2 Å². The van der Waals surface area contributed by atoms with Crippen molar-refractivity contribution in [3.05, 3.63) is 47.3 Å². The molecule has 0 spiro atoms. The second-order valence-corrected chi connectivity index (χ2v) is 9.99. The molecule has 1 saturated heterocycles. The smallest absolute Gasteiger partial charge is 0.338 e. The topological polar surface area (TPSA) is 92.8 Å². The zero-order chi connectivity index (χ0) is 20.3. The number of carbonyl (C=O) groups excluding carboxylic acids is 2. The second-order valence-electron chi connectivity index (χ2n) is 6.20. The number of nitrogens with one attached hydrogen (secondary N) is 1. The van der Waals surface area contributed by atoms with Crippen molar-refractivity contribution in [2.45, 2.75) is 28.8 Å². The largest absolute Gasteiger partial charge is 0.462 e. The number of rotatable bonds is 6. The fourth-order valence-corrected chi connectivity index (χ4v) is 6.19. The summed E-state index contributed by atoms with van der Waals surface area (Å²) in [4.78, 5) is 24.5. The van der Waals surface area contributed by atoms with Crippen molar-refractivity contribution in [2.24, 2.45) is 0 Å². The quantitative estimate of drug-likeness (QED) is 0.532. The number of sulfonamides is 1. The number of hydrogen-bond acceptors (Lipinski definition) is 7. The molecule has 1 fully saturated rings. The van der Waals surface area contributed by atoms with E-state index in [1.54, 1.807) is 42.6 Å². The number of amides is 1. The van der Waals surface area contributed by atoms with Crippen molar-refractivity contribution >= 4 is 51.6 Å². The molecule has 0 aliphatic carbocycles. The number of anilines is 1. The van der Waals surface area contributed by atoms with Crippen molar-refractivity contribution in [2.75, 3.05) is 18.5 Å². The Kier molecular flexibility index (Phi) is 6.43. The zero-order valence-electron chi connectivity index (χ0n) is 15.1. The van der Waals surface area contributed by atoms with E-state index in [0.29, 0.717) is 17.7 Å². The molecular weight excluding hydrogens is 420 g/mol. The molecule has 1 amide bonds. The number of esters is 1. The highest BCUT2D eigenvalue weighted by molar-refractivity contribution is 7.91. The normalized spacial score (nSPS) is 20.1. The number of nitrogens with zero attached hydrogens (tertiary/aromatic N) is 1. The van der Waals surface area contributed by atoms with E-state index < -0.39 is 27.9 Å². The molecule has 28 heavy (non-hydrogen) atoms. The minimum absolute atomic E-state index is 0.170. The molecule has 1 N–H and O–H groups in total. The van der Waals surface area contributed by atoms with Gasteiger partial charge in [0.2, 0.25) is 5.91 Å². The molecule has 10 heteroatoms. The third-order valence-electron chi connectivity index (χ3n) is 4.26. The van der Waals surface area contributed by atoms with Crippen molar-refractivity contribution in [3.63, 3.8) is 0 Å². The molecule has 2 aromatic rings. The average molecular weight is 441 g/mol. The minimum Gasteiger partial charge on any atom is -0.462 e. The molecule has 2 atom stereocenters. The molecule has 7 nitrogen and oxygen atoms in total. The summed E-state index contributed by atoms with van der Waals surface area (Å²) < 4.78 is 32.1. The molecule has 3 rings (SSSR count). The van der Waals surface area contributed by atoms with Gasteiger partial charge in [-0.15, -0.1) is 11.3 Å². The van der Waals surface area contributed by atoms with E-state index in [4.69, 9.17) is 4.74 Å². The molecule has 1 aromatic heterocycles. The number of carbonyl (C=O) groups is 2. The lowest BCUT2D eigenvalue weighted by Crippen LogP contribution is -2.42. The second kappa shape index (κ2) is 8.64. The van der Waals surface area contributed by atoms with Gasteiger partial charge in [0.25, 0.3) is 10.0 Å². The summed E-state index contributed by atoms with van der Waals surface area (Å²) in [6.45, 7) is 2.17. The Balaban J connectivity index is 1.75. The molecule has 1 aliphatic heterocycles. The summed E-state index contributed by atoms with van der Waals surface area (Å²) in [5.41, 5.74) is 0.840. The summed E-state index contributed by atoms with van der Waals surface area (Å²) >= 11 is 5.50. The standard InChI is InChI=1S/C18H20N2O5S3/c1-2-25-18(22)12-5-7-13(8-6-12)19-17(21)15-10-14(26)11-20(15)28(23,24)16-4-3-9-27-16/h3-9,14-15,26H,2,10-11H2,1H3,(H,19,21). The highest BCUT2D eigenvalue weighted by Gasteiger charge is 2.43. The lowest BCUT2D eigenvalue weighted by Gasteiger charge is -2.22. The van der Waals surface area contributed by atoms with Crippen LogP contribution in [0.2, 0.25) is 0 Å². The summed E-state index contributed by atoms with van der Waals surface area (Å²) in [6, 6.07) is 8.58. The maximum Gasteiger partial charge on any atom is 0.338 e. The fourth-order valence-electron chi connectivity index (χ4n) is 2.94. The van der Waals surface area contributed by atoms with Crippen LogP contribution in [-0.4, -0.2) is 49.0 Å². The Morgan fingerprint density at radius 3 is 2.61 bits per heavy atom. The lowest BCUT2D eigenvalue weighted by atomic mass is 10.2. The Morgan fingerprint density at radius 1 is 1.29 bits per heavy atom. The van der Waals surface area contributed by atoms with E-state index in [2.05, 4.69) is 17.9 Å². The average Bonchev–Trinajstić information content (AvgIpc) is 3.33. The zero-order valence-corrected chi connectivity index (χ0v) is 17.6. The van der Waals surface area contributed by atoms with Crippen LogP contribution in [-0.2, 0) is 19.6 Å².